The van der Waals surface area contributed by atoms with Crippen LogP contribution in [0.5, 0.6) is 0 Å². The number of rotatable bonds is 5. The van der Waals surface area contributed by atoms with E-state index in [1.165, 1.54) is 24.6 Å². The van der Waals surface area contributed by atoms with Crippen molar-refractivity contribution < 1.29 is 4.52 Å². The second-order valence-corrected chi connectivity index (χ2v) is 7.05. The van der Waals surface area contributed by atoms with Crippen molar-refractivity contribution in [3.63, 3.8) is 0 Å². The fourth-order valence-corrected chi connectivity index (χ4v) is 3.20. The van der Waals surface area contributed by atoms with Crippen molar-refractivity contribution in [2.45, 2.75) is 29.0 Å². The van der Waals surface area contributed by atoms with Crippen LogP contribution in [0.4, 0.5) is 11.6 Å². The second kappa shape index (κ2) is 6.37. The molecule has 1 N–H and O–H groups in total. The van der Waals surface area contributed by atoms with Gasteiger partial charge in [0.1, 0.15) is 5.03 Å². The van der Waals surface area contributed by atoms with Gasteiger partial charge in [0.05, 0.1) is 12.4 Å². The van der Waals surface area contributed by atoms with Crippen LogP contribution in [0.1, 0.15) is 12.8 Å². The highest BCUT2D eigenvalue weighted by Crippen LogP contribution is 2.33. The number of nitrogens with zero attached hydrogens (tertiary/aromatic N) is 5. The smallest absolute Gasteiger partial charge is 0.199 e. The lowest BCUT2D eigenvalue weighted by Crippen LogP contribution is -2.45. The third kappa shape index (κ3) is 3.59. The Morgan fingerprint density at radius 2 is 2.09 bits per heavy atom. The number of anilines is 2. The summed E-state index contributed by atoms with van der Waals surface area (Å²) in [6.45, 7) is 4.08. The quantitative estimate of drug-likeness (QED) is 0.891. The number of piperazine rings is 1. The predicted molar refractivity (Wildman–Crippen MR) is 89.0 cm³/mol. The zero-order valence-electron chi connectivity index (χ0n) is 13.1. The van der Waals surface area contributed by atoms with Crippen LogP contribution in [0.2, 0.25) is 0 Å². The molecule has 0 bridgehead atoms. The molecular weight excluding hydrogens is 312 g/mol. The molecule has 0 spiro atoms. The Morgan fingerprint density at radius 1 is 1.26 bits per heavy atom. The Bertz CT molecular complexity index is 652. The molecule has 2 aromatic rings. The first-order valence-corrected chi connectivity index (χ1v) is 8.75. The molecule has 23 heavy (non-hydrogen) atoms. The van der Waals surface area contributed by atoms with E-state index in [9.17, 15) is 0 Å². The maximum absolute atomic E-state index is 5.14. The highest BCUT2D eigenvalue weighted by Gasteiger charge is 2.26. The van der Waals surface area contributed by atoms with E-state index in [4.69, 9.17) is 9.51 Å². The summed E-state index contributed by atoms with van der Waals surface area (Å²) in [5.41, 5.74) is 0. The molecule has 0 aromatic carbocycles. The van der Waals surface area contributed by atoms with Gasteiger partial charge in [-0.25, -0.2) is 9.97 Å². The van der Waals surface area contributed by atoms with Gasteiger partial charge in [-0.2, -0.15) is 0 Å². The molecule has 1 aliphatic heterocycles. The minimum Gasteiger partial charge on any atom is -0.364 e. The van der Waals surface area contributed by atoms with Crippen molar-refractivity contribution in [2.24, 2.45) is 0 Å². The van der Waals surface area contributed by atoms with Crippen molar-refractivity contribution in [3.05, 3.63) is 18.5 Å². The molecule has 122 valence electrons. The Balaban J connectivity index is 1.57. The third-order valence-electron chi connectivity index (χ3n) is 4.07. The van der Waals surface area contributed by atoms with Gasteiger partial charge >= 0.3 is 0 Å². The van der Waals surface area contributed by atoms with Crippen LogP contribution >= 0.6 is 11.8 Å². The Kier molecular flexibility index (Phi) is 4.09. The number of hydrogen-bond acceptors (Lipinski definition) is 8. The molecule has 2 aliphatic rings. The van der Waals surface area contributed by atoms with Crippen LogP contribution in [0, 0.1) is 0 Å². The van der Waals surface area contributed by atoms with E-state index in [-0.39, 0.29) is 0 Å². The monoisotopic (exact) mass is 332 g/mol. The van der Waals surface area contributed by atoms with Crippen molar-refractivity contribution in [1.29, 1.82) is 0 Å². The van der Waals surface area contributed by atoms with E-state index >= 15 is 0 Å². The van der Waals surface area contributed by atoms with Gasteiger partial charge in [0, 0.05) is 38.3 Å². The van der Waals surface area contributed by atoms with Crippen molar-refractivity contribution in [3.8, 4) is 0 Å². The molecule has 1 aliphatic carbocycles. The van der Waals surface area contributed by atoms with Gasteiger partial charge in [-0.15, -0.1) is 0 Å². The summed E-state index contributed by atoms with van der Waals surface area (Å²) >= 11 is 1.44. The molecule has 2 fully saturated rings. The number of hydrogen-bond donors (Lipinski definition) is 1. The summed E-state index contributed by atoms with van der Waals surface area (Å²) in [6.07, 6.45) is 5.88. The summed E-state index contributed by atoms with van der Waals surface area (Å²) in [4.78, 5) is 14.1. The summed E-state index contributed by atoms with van der Waals surface area (Å²) in [5, 5.41) is 8.80. The van der Waals surface area contributed by atoms with Gasteiger partial charge in [-0.1, -0.05) is 5.16 Å². The van der Waals surface area contributed by atoms with Gasteiger partial charge in [0.2, 0.25) is 0 Å². The largest absolute Gasteiger partial charge is 0.364 e. The maximum Gasteiger partial charge on any atom is 0.199 e. The summed E-state index contributed by atoms with van der Waals surface area (Å²) in [6, 6.07) is 2.37. The lowest BCUT2D eigenvalue weighted by molar-refractivity contribution is 0.312. The van der Waals surface area contributed by atoms with Crippen LogP contribution in [0.3, 0.4) is 0 Å². The molecule has 1 saturated heterocycles. The van der Waals surface area contributed by atoms with Crippen LogP contribution in [-0.4, -0.2) is 59.3 Å². The van der Waals surface area contributed by atoms with Gasteiger partial charge in [0.25, 0.3) is 0 Å². The first kappa shape index (κ1) is 14.8. The topological polar surface area (TPSA) is 70.3 Å². The standard InChI is InChI=1S/C15H20N6OS/c1-20-6-8-21(9-7-20)15-14(18-11-2-3-11)19-12(10-16-15)23-13-4-5-17-22-13/h4-5,10-11H,2-3,6-9H2,1H3,(H,18,19). The van der Waals surface area contributed by atoms with Gasteiger partial charge in [-0.05, 0) is 31.7 Å². The average molecular weight is 332 g/mol. The molecule has 2 aromatic heterocycles. The third-order valence-corrected chi connectivity index (χ3v) is 4.89. The van der Waals surface area contributed by atoms with Crippen molar-refractivity contribution in [2.75, 3.05) is 43.4 Å². The first-order chi connectivity index (χ1) is 11.3. The normalized spacial score (nSPS) is 19.1. The van der Waals surface area contributed by atoms with E-state index in [1.807, 2.05) is 12.3 Å². The second-order valence-electron chi connectivity index (χ2n) is 6.02. The fraction of sp³-hybridized carbons (Fsp3) is 0.533. The number of likely N-dealkylation sites (N-methyl/N-ethyl adjacent to an activating group) is 1. The summed E-state index contributed by atoms with van der Waals surface area (Å²) in [7, 11) is 2.16. The Hall–Kier alpha value is -1.80. The molecule has 0 atom stereocenters. The zero-order valence-corrected chi connectivity index (χ0v) is 13.9. The van der Waals surface area contributed by atoms with Gasteiger partial charge < -0.3 is 19.6 Å². The highest BCUT2D eigenvalue weighted by molar-refractivity contribution is 7.99. The van der Waals surface area contributed by atoms with E-state index in [0.717, 1.165) is 47.9 Å². The van der Waals surface area contributed by atoms with Gasteiger partial charge in [0.15, 0.2) is 16.7 Å². The van der Waals surface area contributed by atoms with E-state index < -0.39 is 0 Å². The zero-order chi connectivity index (χ0) is 15.6. The molecule has 7 nitrogen and oxygen atoms in total. The summed E-state index contributed by atoms with van der Waals surface area (Å²) < 4.78 is 5.14. The average Bonchev–Trinajstić information content (AvgIpc) is 3.22. The molecule has 0 amide bonds. The number of aromatic nitrogens is 3. The van der Waals surface area contributed by atoms with E-state index in [1.54, 1.807) is 6.20 Å². The molecule has 3 heterocycles. The lowest BCUT2D eigenvalue weighted by Gasteiger charge is -2.34. The van der Waals surface area contributed by atoms with Crippen LogP contribution < -0.4 is 10.2 Å². The number of nitrogens with one attached hydrogen (secondary N) is 1. The molecule has 8 heteroatoms. The van der Waals surface area contributed by atoms with Crippen LogP contribution in [-0.2, 0) is 0 Å². The highest BCUT2D eigenvalue weighted by atomic mass is 32.2. The fourth-order valence-electron chi connectivity index (χ4n) is 2.54. The van der Waals surface area contributed by atoms with Crippen LogP contribution in [0.25, 0.3) is 0 Å². The molecule has 1 saturated carbocycles. The Labute approximate surface area is 139 Å². The Morgan fingerprint density at radius 3 is 2.78 bits per heavy atom. The molecule has 4 rings (SSSR count). The summed E-state index contributed by atoms with van der Waals surface area (Å²) in [5.74, 6) is 1.86. The van der Waals surface area contributed by atoms with Crippen molar-refractivity contribution in [1.82, 2.24) is 20.0 Å². The van der Waals surface area contributed by atoms with Crippen LogP contribution in [0.15, 0.2) is 33.1 Å². The SMILES string of the molecule is CN1CCN(c2ncc(Sc3ccno3)nc2NC2CC2)CC1. The minimum atomic E-state index is 0.543. The molecular formula is C15H20N6OS. The predicted octanol–water partition coefficient (Wildman–Crippen LogP) is 1.94. The maximum atomic E-state index is 5.14. The van der Waals surface area contributed by atoms with Gasteiger partial charge in [-0.3, -0.25) is 0 Å². The lowest BCUT2D eigenvalue weighted by atomic mass is 10.3. The minimum absolute atomic E-state index is 0.543. The first-order valence-electron chi connectivity index (χ1n) is 7.93. The van der Waals surface area contributed by atoms with Crippen molar-refractivity contribution >= 4 is 23.4 Å². The van der Waals surface area contributed by atoms with E-state index in [0.29, 0.717) is 6.04 Å². The molecule has 0 radical (unpaired) electrons. The molecule has 0 unspecified atom stereocenters. The van der Waals surface area contributed by atoms with E-state index in [2.05, 4.69) is 32.3 Å².